The minimum atomic E-state index is -0.0702. The predicted octanol–water partition coefficient (Wildman–Crippen LogP) is 1.40. The number of aromatic amines is 1. The zero-order chi connectivity index (χ0) is 13.7. The van der Waals surface area contributed by atoms with E-state index in [-0.39, 0.29) is 5.56 Å². The number of H-pyrrole nitrogens is 1. The van der Waals surface area contributed by atoms with E-state index in [0.29, 0.717) is 9.49 Å². The minimum absolute atomic E-state index is 0.0702. The van der Waals surface area contributed by atoms with Crippen molar-refractivity contribution >= 4 is 28.4 Å². The van der Waals surface area contributed by atoms with Gasteiger partial charge in [-0.1, -0.05) is 13.8 Å². The molecule has 0 aliphatic carbocycles. The molecule has 0 saturated heterocycles. The molecule has 1 aromatic rings. The Bertz CT molecular complexity index is 430. The summed E-state index contributed by atoms with van der Waals surface area (Å²) < 4.78 is 0.662. The third kappa shape index (κ3) is 4.56. The highest BCUT2D eigenvalue weighted by Crippen LogP contribution is 2.16. The van der Waals surface area contributed by atoms with E-state index < -0.39 is 0 Å². The van der Waals surface area contributed by atoms with Crippen molar-refractivity contribution in [3.05, 3.63) is 20.3 Å². The molecule has 0 saturated carbocycles. The van der Waals surface area contributed by atoms with Crippen LogP contribution in [0.5, 0.6) is 0 Å². The lowest BCUT2D eigenvalue weighted by molar-refractivity contribution is 0.408. The summed E-state index contributed by atoms with van der Waals surface area (Å²) in [5.74, 6) is 1.32. The van der Waals surface area contributed by atoms with Gasteiger partial charge in [0.2, 0.25) is 0 Å². The summed E-state index contributed by atoms with van der Waals surface area (Å²) in [5.41, 5.74) is -0.0702. The fourth-order valence-corrected chi connectivity index (χ4v) is 2.28. The van der Waals surface area contributed by atoms with Crippen LogP contribution in [0, 0.1) is 9.49 Å². The Hall–Kier alpha value is -0.630. The van der Waals surface area contributed by atoms with Crippen LogP contribution in [0.3, 0.4) is 0 Å². The van der Waals surface area contributed by atoms with Gasteiger partial charge in [-0.3, -0.25) is 4.79 Å². The molecule has 102 valence electrons. The molecule has 0 amide bonds. The van der Waals surface area contributed by atoms with Crippen LogP contribution >= 0.6 is 22.6 Å². The van der Waals surface area contributed by atoms with E-state index in [1.54, 1.807) is 0 Å². The molecule has 0 fully saturated rings. The maximum atomic E-state index is 11.6. The molecule has 1 heterocycles. The molecule has 0 spiro atoms. The topological polar surface area (TPSA) is 52.2 Å². The molecule has 18 heavy (non-hydrogen) atoms. The molecule has 1 rings (SSSR count). The van der Waals surface area contributed by atoms with Gasteiger partial charge in [0.25, 0.3) is 5.56 Å². The average Bonchev–Trinajstić information content (AvgIpc) is 2.27. The van der Waals surface area contributed by atoms with Crippen molar-refractivity contribution < 1.29 is 0 Å². The Morgan fingerprint density at radius 2 is 2.06 bits per heavy atom. The van der Waals surface area contributed by atoms with Crippen LogP contribution in [0.15, 0.2) is 11.1 Å². The summed E-state index contributed by atoms with van der Waals surface area (Å²) in [6.07, 6.45) is 1.48. The van der Waals surface area contributed by atoms with E-state index >= 15 is 0 Å². The first-order valence-electron chi connectivity index (χ1n) is 6.04. The van der Waals surface area contributed by atoms with E-state index in [0.717, 1.165) is 25.5 Å². The van der Waals surface area contributed by atoms with Gasteiger partial charge in [0, 0.05) is 19.6 Å². The van der Waals surface area contributed by atoms with Crippen molar-refractivity contribution in [2.24, 2.45) is 5.92 Å². The third-order valence-corrected chi connectivity index (χ3v) is 3.45. The largest absolute Gasteiger partial charge is 0.354 e. The second-order valence-corrected chi connectivity index (χ2v) is 6.09. The summed E-state index contributed by atoms with van der Waals surface area (Å²) in [6.45, 7) is 7.06. The zero-order valence-electron chi connectivity index (χ0n) is 11.4. The molecule has 1 N–H and O–H groups in total. The van der Waals surface area contributed by atoms with Crippen LogP contribution in [0.2, 0.25) is 0 Å². The molecule has 0 aliphatic heterocycles. The summed E-state index contributed by atoms with van der Waals surface area (Å²) in [6, 6.07) is 0. The quantitative estimate of drug-likeness (QED) is 0.776. The standard InChI is InChI=1S/C12H21IN4O/c1-9(2)7-17(6-5-16(3)4)11-10(13)12(18)15-8-14-11/h8-9H,5-7H2,1-4H3,(H,14,15,18). The van der Waals surface area contributed by atoms with E-state index in [1.807, 2.05) is 14.1 Å². The molecule has 0 unspecified atom stereocenters. The lowest BCUT2D eigenvalue weighted by atomic mass is 10.2. The van der Waals surface area contributed by atoms with E-state index in [9.17, 15) is 4.79 Å². The maximum absolute atomic E-state index is 11.6. The summed E-state index contributed by atoms with van der Waals surface area (Å²) in [4.78, 5) is 22.9. The van der Waals surface area contributed by atoms with Crippen LogP contribution in [0.25, 0.3) is 0 Å². The number of hydrogen-bond acceptors (Lipinski definition) is 4. The van der Waals surface area contributed by atoms with Gasteiger partial charge < -0.3 is 14.8 Å². The second-order valence-electron chi connectivity index (χ2n) is 5.01. The van der Waals surface area contributed by atoms with Gasteiger partial charge in [0.15, 0.2) is 0 Å². The number of anilines is 1. The van der Waals surface area contributed by atoms with Gasteiger partial charge in [0.05, 0.1) is 6.33 Å². The zero-order valence-corrected chi connectivity index (χ0v) is 13.6. The van der Waals surface area contributed by atoms with Crippen molar-refractivity contribution in [3.63, 3.8) is 0 Å². The number of likely N-dealkylation sites (N-methyl/N-ethyl adjacent to an activating group) is 1. The lowest BCUT2D eigenvalue weighted by Crippen LogP contribution is -2.36. The van der Waals surface area contributed by atoms with Crippen LogP contribution < -0.4 is 10.5 Å². The van der Waals surface area contributed by atoms with Crippen LogP contribution in [0.1, 0.15) is 13.8 Å². The number of rotatable bonds is 6. The molecule has 5 nitrogen and oxygen atoms in total. The SMILES string of the molecule is CC(C)CN(CCN(C)C)c1nc[nH]c(=O)c1I. The number of hydrogen-bond donors (Lipinski definition) is 1. The monoisotopic (exact) mass is 364 g/mol. The molecule has 6 heteroatoms. The number of nitrogens with one attached hydrogen (secondary N) is 1. The second kappa shape index (κ2) is 7.08. The van der Waals surface area contributed by atoms with Gasteiger partial charge in [-0.05, 0) is 42.6 Å². The summed E-state index contributed by atoms with van der Waals surface area (Å²) in [7, 11) is 4.09. The molecule has 0 aliphatic rings. The van der Waals surface area contributed by atoms with E-state index in [2.05, 4.69) is 56.2 Å². The summed E-state index contributed by atoms with van der Waals surface area (Å²) >= 11 is 2.06. The maximum Gasteiger partial charge on any atom is 0.266 e. The van der Waals surface area contributed by atoms with Crippen molar-refractivity contribution in [1.29, 1.82) is 0 Å². The molecule has 0 radical (unpaired) electrons. The highest BCUT2D eigenvalue weighted by Gasteiger charge is 2.15. The molecule has 0 atom stereocenters. The minimum Gasteiger partial charge on any atom is -0.354 e. The first kappa shape index (κ1) is 15.4. The first-order chi connectivity index (χ1) is 8.41. The van der Waals surface area contributed by atoms with Crippen molar-refractivity contribution in [2.45, 2.75) is 13.8 Å². The molecule has 0 aromatic carbocycles. The Kier molecular flexibility index (Phi) is 6.07. The van der Waals surface area contributed by atoms with E-state index in [4.69, 9.17) is 0 Å². The molecule has 0 bridgehead atoms. The van der Waals surface area contributed by atoms with Crippen molar-refractivity contribution in [1.82, 2.24) is 14.9 Å². The Labute approximate surface area is 122 Å². The third-order valence-electron chi connectivity index (χ3n) is 2.48. The van der Waals surface area contributed by atoms with Gasteiger partial charge in [0.1, 0.15) is 9.39 Å². The van der Waals surface area contributed by atoms with Crippen LogP contribution in [0.4, 0.5) is 5.82 Å². The highest BCUT2D eigenvalue weighted by molar-refractivity contribution is 14.1. The Morgan fingerprint density at radius 3 is 2.61 bits per heavy atom. The number of nitrogens with zero attached hydrogens (tertiary/aromatic N) is 3. The van der Waals surface area contributed by atoms with Gasteiger partial charge in [-0.2, -0.15) is 0 Å². The fourth-order valence-electron chi connectivity index (χ4n) is 1.64. The normalized spacial score (nSPS) is 11.3. The fraction of sp³-hybridized carbons (Fsp3) is 0.667. The van der Waals surface area contributed by atoms with Crippen LogP contribution in [-0.4, -0.2) is 48.6 Å². The van der Waals surface area contributed by atoms with E-state index in [1.165, 1.54) is 6.33 Å². The summed E-state index contributed by atoms with van der Waals surface area (Å²) in [5, 5.41) is 0. The van der Waals surface area contributed by atoms with Gasteiger partial charge in [-0.15, -0.1) is 0 Å². The number of halogens is 1. The van der Waals surface area contributed by atoms with Gasteiger partial charge in [-0.25, -0.2) is 4.98 Å². The molecular weight excluding hydrogens is 343 g/mol. The van der Waals surface area contributed by atoms with Crippen molar-refractivity contribution in [2.75, 3.05) is 38.6 Å². The van der Waals surface area contributed by atoms with Crippen LogP contribution in [-0.2, 0) is 0 Å². The Balaban J connectivity index is 2.94. The smallest absolute Gasteiger partial charge is 0.266 e. The average molecular weight is 364 g/mol. The lowest BCUT2D eigenvalue weighted by Gasteiger charge is -2.27. The highest BCUT2D eigenvalue weighted by atomic mass is 127. The first-order valence-corrected chi connectivity index (χ1v) is 7.12. The van der Waals surface area contributed by atoms with Crippen molar-refractivity contribution in [3.8, 4) is 0 Å². The predicted molar refractivity (Wildman–Crippen MR) is 83.2 cm³/mol. The molecular formula is C12H21IN4O. The number of aromatic nitrogens is 2. The Morgan fingerprint density at radius 1 is 1.39 bits per heavy atom. The molecule has 1 aromatic heterocycles. The van der Waals surface area contributed by atoms with Gasteiger partial charge >= 0.3 is 0 Å².